The Bertz CT molecular complexity index is 686. The zero-order chi connectivity index (χ0) is 16.8. The lowest BCUT2D eigenvalue weighted by Crippen LogP contribution is -2.23. The van der Waals surface area contributed by atoms with E-state index in [4.69, 9.17) is 17.3 Å². The Balaban J connectivity index is 0.00000288. The highest BCUT2D eigenvalue weighted by Crippen LogP contribution is 2.24. The van der Waals surface area contributed by atoms with E-state index in [2.05, 4.69) is 15.0 Å². The number of halogens is 4. The number of rotatable bonds is 7. The van der Waals surface area contributed by atoms with Crippen molar-refractivity contribution in [2.45, 2.75) is 19.6 Å². The molecule has 0 saturated carbocycles. The average Bonchev–Trinajstić information content (AvgIpc) is 2.96. The quantitative estimate of drug-likeness (QED) is 0.751. The van der Waals surface area contributed by atoms with Gasteiger partial charge in [-0.05, 0) is 24.7 Å². The Morgan fingerprint density at radius 3 is 2.88 bits per heavy atom. The van der Waals surface area contributed by atoms with Gasteiger partial charge < -0.3 is 15.8 Å². The van der Waals surface area contributed by atoms with E-state index in [1.54, 1.807) is 5.38 Å². The number of alkyl halides is 2. The first-order valence-electron chi connectivity index (χ1n) is 6.65. The Hall–Kier alpha value is -1.48. The highest BCUT2D eigenvalue weighted by molar-refractivity contribution is 7.09. The van der Waals surface area contributed by atoms with Gasteiger partial charge in [0.2, 0.25) is 0 Å². The van der Waals surface area contributed by atoms with Crippen LogP contribution in [0.1, 0.15) is 21.1 Å². The van der Waals surface area contributed by atoms with Crippen LogP contribution in [0.2, 0.25) is 5.02 Å². The minimum Gasteiger partial charge on any atom is -0.434 e. The van der Waals surface area contributed by atoms with Gasteiger partial charge in [0.25, 0.3) is 5.91 Å². The fraction of sp³-hybridized carbons (Fsp3) is 0.286. The van der Waals surface area contributed by atoms with Crippen molar-refractivity contribution < 1.29 is 18.3 Å². The molecule has 0 atom stereocenters. The molecule has 0 aliphatic carbocycles. The van der Waals surface area contributed by atoms with Crippen LogP contribution in [0, 0.1) is 0 Å². The zero-order valence-corrected chi connectivity index (χ0v) is 14.7. The second-order valence-electron chi connectivity index (χ2n) is 4.48. The number of nitrogens with one attached hydrogen (secondary N) is 1. The van der Waals surface area contributed by atoms with Gasteiger partial charge in [-0.25, -0.2) is 4.98 Å². The van der Waals surface area contributed by atoms with E-state index in [0.29, 0.717) is 23.6 Å². The maximum absolute atomic E-state index is 12.4. The van der Waals surface area contributed by atoms with Gasteiger partial charge in [-0.1, -0.05) is 11.6 Å². The first-order valence-corrected chi connectivity index (χ1v) is 7.91. The molecule has 1 aromatic heterocycles. The normalized spacial score (nSPS) is 10.4. The zero-order valence-electron chi connectivity index (χ0n) is 12.3. The Morgan fingerprint density at radius 1 is 1.46 bits per heavy atom. The van der Waals surface area contributed by atoms with Crippen LogP contribution in [0.15, 0.2) is 23.6 Å². The molecule has 0 saturated heterocycles. The number of amides is 1. The topological polar surface area (TPSA) is 77.2 Å². The summed E-state index contributed by atoms with van der Waals surface area (Å²) in [5.74, 6) is -0.445. The van der Waals surface area contributed by atoms with E-state index in [1.165, 1.54) is 29.5 Å². The highest BCUT2D eigenvalue weighted by atomic mass is 35.5. The van der Waals surface area contributed by atoms with Crippen LogP contribution in [0.4, 0.5) is 8.78 Å². The third-order valence-corrected chi connectivity index (χ3v) is 3.96. The lowest BCUT2D eigenvalue weighted by molar-refractivity contribution is -0.0504. The summed E-state index contributed by atoms with van der Waals surface area (Å²) in [5.41, 5.74) is 6.04. The van der Waals surface area contributed by atoms with E-state index in [1.807, 2.05) is 0 Å². The molecule has 5 nitrogen and oxygen atoms in total. The van der Waals surface area contributed by atoms with Crippen LogP contribution in [-0.2, 0) is 13.0 Å². The predicted octanol–water partition coefficient (Wildman–Crippen LogP) is 3.25. The summed E-state index contributed by atoms with van der Waals surface area (Å²) in [7, 11) is 0. The maximum Gasteiger partial charge on any atom is 0.387 e. The molecule has 0 aliphatic rings. The lowest BCUT2D eigenvalue weighted by atomic mass is 10.2. The minimum atomic E-state index is -2.96. The van der Waals surface area contributed by atoms with E-state index < -0.39 is 12.5 Å². The smallest absolute Gasteiger partial charge is 0.387 e. The number of nitrogens with zero attached hydrogens (tertiary/aromatic N) is 1. The van der Waals surface area contributed by atoms with Gasteiger partial charge in [0.15, 0.2) is 0 Å². The van der Waals surface area contributed by atoms with Crippen molar-refractivity contribution in [2.75, 3.05) is 6.54 Å². The summed E-state index contributed by atoms with van der Waals surface area (Å²) in [6.07, 6.45) is 0.596. The lowest BCUT2D eigenvalue weighted by Gasteiger charge is -2.11. The van der Waals surface area contributed by atoms with Crippen molar-refractivity contribution in [2.24, 2.45) is 5.73 Å². The molecule has 0 spiro atoms. The number of carbonyl (C=O) groups excluding carboxylic acids is 1. The first-order chi connectivity index (χ1) is 11.0. The standard InChI is InChI=1S/C14H14ClF2N3O2S.ClH/c15-9-1-2-11(22-14(16)17)8(5-9)6-19-13(21)10-7-23-12(20-10)3-4-18;/h1-2,5,7,14H,3-4,6,18H2,(H,19,21);1H. The molecule has 24 heavy (non-hydrogen) atoms. The third-order valence-electron chi connectivity index (χ3n) is 2.82. The van der Waals surface area contributed by atoms with Gasteiger partial charge in [0.1, 0.15) is 11.4 Å². The number of aromatic nitrogens is 1. The van der Waals surface area contributed by atoms with Crippen LogP contribution < -0.4 is 15.8 Å². The third kappa shape index (κ3) is 5.86. The fourth-order valence-corrected chi connectivity index (χ4v) is 2.81. The van der Waals surface area contributed by atoms with Crippen molar-refractivity contribution >= 4 is 41.3 Å². The molecule has 0 radical (unpaired) electrons. The minimum absolute atomic E-state index is 0. The van der Waals surface area contributed by atoms with Crippen LogP contribution >= 0.6 is 35.3 Å². The number of hydrogen-bond acceptors (Lipinski definition) is 5. The Kier molecular flexibility index (Phi) is 8.34. The average molecular weight is 398 g/mol. The summed E-state index contributed by atoms with van der Waals surface area (Å²) < 4.78 is 29.2. The molecule has 0 aliphatic heterocycles. The SMILES string of the molecule is Cl.NCCc1nc(C(=O)NCc2cc(Cl)ccc2OC(F)F)cs1. The number of carbonyl (C=O) groups is 1. The van der Waals surface area contributed by atoms with E-state index >= 15 is 0 Å². The molecule has 3 N–H and O–H groups in total. The molecular formula is C14H15Cl2F2N3O2S. The molecule has 0 unspecified atom stereocenters. The number of benzene rings is 1. The summed E-state index contributed by atoms with van der Waals surface area (Å²) in [5, 5.41) is 5.34. The molecule has 10 heteroatoms. The molecular weight excluding hydrogens is 383 g/mol. The van der Waals surface area contributed by atoms with Gasteiger partial charge >= 0.3 is 6.61 Å². The summed E-state index contributed by atoms with van der Waals surface area (Å²) >= 11 is 7.19. The first kappa shape index (κ1) is 20.6. The molecule has 2 aromatic rings. The molecule has 1 amide bonds. The summed E-state index contributed by atoms with van der Waals surface area (Å²) in [6, 6.07) is 4.22. The summed E-state index contributed by atoms with van der Waals surface area (Å²) in [4.78, 5) is 16.2. The molecule has 2 rings (SSSR count). The second-order valence-corrected chi connectivity index (χ2v) is 5.86. The Labute approximate surface area is 152 Å². The molecule has 0 fully saturated rings. The Morgan fingerprint density at radius 2 is 2.21 bits per heavy atom. The number of ether oxygens (including phenoxy) is 1. The maximum atomic E-state index is 12.4. The van der Waals surface area contributed by atoms with Crippen LogP contribution in [0.3, 0.4) is 0 Å². The van der Waals surface area contributed by atoms with Crippen LogP contribution in [0.25, 0.3) is 0 Å². The van der Waals surface area contributed by atoms with Crippen molar-refractivity contribution in [3.63, 3.8) is 0 Å². The van der Waals surface area contributed by atoms with Gasteiger partial charge in [0.05, 0.1) is 5.01 Å². The van der Waals surface area contributed by atoms with Crippen molar-refractivity contribution in [1.82, 2.24) is 10.3 Å². The number of thiazole rings is 1. The van der Waals surface area contributed by atoms with E-state index in [0.717, 1.165) is 5.01 Å². The van der Waals surface area contributed by atoms with E-state index in [9.17, 15) is 13.6 Å². The molecule has 1 heterocycles. The van der Waals surface area contributed by atoms with Crippen molar-refractivity contribution in [1.29, 1.82) is 0 Å². The van der Waals surface area contributed by atoms with E-state index in [-0.39, 0.29) is 30.4 Å². The van der Waals surface area contributed by atoms with Gasteiger partial charge in [-0.15, -0.1) is 23.7 Å². The summed E-state index contributed by atoms with van der Waals surface area (Å²) in [6.45, 7) is -2.51. The van der Waals surface area contributed by atoms with Gasteiger partial charge in [0, 0.05) is 28.9 Å². The number of nitrogens with two attached hydrogens (primary N) is 1. The van der Waals surface area contributed by atoms with Crippen molar-refractivity contribution in [3.8, 4) is 5.75 Å². The molecule has 132 valence electrons. The largest absolute Gasteiger partial charge is 0.434 e. The number of hydrogen-bond donors (Lipinski definition) is 2. The van der Waals surface area contributed by atoms with Gasteiger partial charge in [-0.2, -0.15) is 8.78 Å². The van der Waals surface area contributed by atoms with Crippen molar-refractivity contribution in [3.05, 3.63) is 44.9 Å². The molecule has 1 aromatic carbocycles. The van der Waals surface area contributed by atoms with Crippen LogP contribution in [-0.4, -0.2) is 24.0 Å². The van der Waals surface area contributed by atoms with Crippen LogP contribution in [0.5, 0.6) is 5.75 Å². The second kappa shape index (κ2) is 9.73. The van der Waals surface area contributed by atoms with Gasteiger partial charge in [-0.3, -0.25) is 4.79 Å². The monoisotopic (exact) mass is 397 g/mol. The molecule has 0 bridgehead atoms. The predicted molar refractivity (Wildman–Crippen MR) is 91.4 cm³/mol. The highest BCUT2D eigenvalue weighted by Gasteiger charge is 2.14. The fourth-order valence-electron chi connectivity index (χ4n) is 1.82.